The highest BCUT2D eigenvalue weighted by atomic mass is 16.3. The van der Waals surface area contributed by atoms with E-state index in [-0.39, 0.29) is 5.91 Å². The summed E-state index contributed by atoms with van der Waals surface area (Å²) in [5.41, 5.74) is 5.37. The van der Waals surface area contributed by atoms with Crippen molar-refractivity contribution in [2.24, 2.45) is 5.73 Å². The van der Waals surface area contributed by atoms with Gasteiger partial charge in [0, 0.05) is 5.56 Å². The minimum Gasteiger partial charge on any atom is -0.390 e. The molecule has 0 saturated heterocycles. The second-order valence-electron chi connectivity index (χ2n) is 7.12. The van der Waals surface area contributed by atoms with Crippen LogP contribution in [0.15, 0.2) is 24.3 Å². The lowest BCUT2D eigenvalue weighted by atomic mass is 9.95. The van der Waals surface area contributed by atoms with E-state index in [1.807, 2.05) is 18.2 Å². The number of hydrogen-bond acceptors (Lipinski definition) is 3. The number of nitrogens with two attached hydrogens (primary N) is 1. The van der Waals surface area contributed by atoms with E-state index in [1.165, 1.54) is 0 Å². The van der Waals surface area contributed by atoms with Crippen LogP contribution in [0, 0.1) is 0 Å². The van der Waals surface area contributed by atoms with Crippen molar-refractivity contribution in [2.45, 2.75) is 63.5 Å². The van der Waals surface area contributed by atoms with E-state index < -0.39 is 17.0 Å². The van der Waals surface area contributed by atoms with Gasteiger partial charge in [-0.05, 0) is 57.2 Å². The second kappa shape index (κ2) is 6.71. The number of amides is 2. The highest BCUT2D eigenvalue weighted by Crippen LogP contribution is 2.29. The molecule has 0 heterocycles. The molecule has 0 aromatic heterocycles. The van der Waals surface area contributed by atoms with Crippen molar-refractivity contribution < 1.29 is 14.7 Å². The summed E-state index contributed by atoms with van der Waals surface area (Å²) in [7, 11) is 0. The zero-order valence-electron chi connectivity index (χ0n) is 13.9. The maximum absolute atomic E-state index is 12.5. The highest BCUT2D eigenvalue weighted by molar-refractivity contribution is 5.99. The summed E-state index contributed by atoms with van der Waals surface area (Å²) >= 11 is 0. The number of nitrogens with one attached hydrogen (secondary N) is 1. The van der Waals surface area contributed by atoms with Gasteiger partial charge in [-0.25, -0.2) is 0 Å². The van der Waals surface area contributed by atoms with Crippen LogP contribution < -0.4 is 11.1 Å². The number of primary amides is 1. The fraction of sp³-hybridized carbons (Fsp3) is 0.556. The average Bonchev–Trinajstić information content (AvgIpc) is 2.94. The third-order valence-electron chi connectivity index (χ3n) is 4.50. The number of carbonyl (C=O) groups excluding carboxylic acids is 2. The topological polar surface area (TPSA) is 92.4 Å². The molecule has 0 atom stereocenters. The first-order valence-electron chi connectivity index (χ1n) is 8.16. The molecule has 0 spiro atoms. The van der Waals surface area contributed by atoms with Crippen LogP contribution in [0.2, 0.25) is 0 Å². The van der Waals surface area contributed by atoms with Gasteiger partial charge in [-0.2, -0.15) is 0 Å². The summed E-state index contributed by atoms with van der Waals surface area (Å²) in [6, 6.07) is 7.29. The predicted octanol–water partition coefficient (Wildman–Crippen LogP) is 1.92. The number of aliphatic hydroxyl groups is 1. The summed E-state index contributed by atoms with van der Waals surface area (Å²) in [4.78, 5) is 24.2. The van der Waals surface area contributed by atoms with Crippen molar-refractivity contribution in [3.8, 4) is 0 Å². The van der Waals surface area contributed by atoms with Gasteiger partial charge >= 0.3 is 0 Å². The number of rotatable bonds is 6. The lowest BCUT2D eigenvalue weighted by Crippen LogP contribution is -2.55. The Morgan fingerprint density at radius 2 is 1.96 bits per heavy atom. The number of hydrogen-bond donors (Lipinski definition) is 3. The Balaban J connectivity index is 2.09. The Morgan fingerprint density at radius 1 is 1.30 bits per heavy atom. The minimum atomic E-state index is -0.903. The smallest absolute Gasteiger partial charge is 0.252 e. The van der Waals surface area contributed by atoms with Crippen molar-refractivity contribution in [3.05, 3.63) is 35.4 Å². The highest BCUT2D eigenvalue weighted by Gasteiger charge is 2.40. The molecule has 23 heavy (non-hydrogen) atoms. The summed E-state index contributed by atoms with van der Waals surface area (Å²) in [6.07, 6.45) is 4.30. The van der Waals surface area contributed by atoms with Gasteiger partial charge < -0.3 is 16.2 Å². The lowest BCUT2D eigenvalue weighted by molar-refractivity contribution is -0.123. The maximum Gasteiger partial charge on any atom is 0.252 e. The molecule has 5 heteroatoms. The fourth-order valence-electron chi connectivity index (χ4n) is 3.02. The minimum absolute atomic E-state index is 0.268. The van der Waals surface area contributed by atoms with Gasteiger partial charge in [0.05, 0.1) is 5.60 Å². The lowest BCUT2D eigenvalue weighted by Gasteiger charge is -2.26. The van der Waals surface area contributed by atoms with Crippen molar-refractivity contribution >= 4 is 11.8 Å². The molecule has 1 aliphatic carbocycles. The molecular formula is C18H26N2O3. The van der Waals surface area contributed by atoms with Gasteiger partial charge in [-0.1, -0.05) is 25.0 Å². The Labute approximate surface area is 137 Å². The van der Waals surface area contributed by atoms with Gasteiger partial charge in [0.1, 0.15) is 5.54 Å². The van der Waals surface area contributed by atoms with E-state index in [1.54, 1.807) is 19.9 Å². The number of carbonyl (C=O) groups is 2. The van der Waals surface area contributed by atoms with Gasteiger partial charge in [0.25, 0.3) is 5.91 Å². The normalized spacial score (nSPS) is 17.0. The second-order valence-corrected chi connectivity index (χ2v) is 7.12. The molecule has 1 fully saturated rings. The first kappa shape index (κ1) is 17.5. The number of benzene rings is 1. The van der Waals surface area contributed by atoms with Crippen LogP contribution >= 0.6 is 0 Å². The molecule has 5 nitrogen and oxygen atoms in total. The Kier molecular flexibility index (Phi) is 5.09. The van der Waals surface area contributed by atoms with Gasteiger partial charge in [-0.3, -0.25) is 9.59 Å². The van der Waals surface area contributed by atoms with Gasteiger partial charge in [-0.15, -0.1) is 0 Å². The summed E-state index contributed by atoms with van der Waals surface area (Å²) in [5.74, 6) is -0.725. The van der Waals surface area contributed by atoms with E-state index in [2.05, 4.69) is 5.32 Å². The first-order valence-corrected chi connectivity index (χ1v) is 8.16. The van der Waals surface area contributed by atoms with E-state index in [0.717, 1.165) is 18.4 Å². The van der Waals surface area contributed by atoms with Crippen LogP contribution in [-0.4, -0.2) is 28.1 Å². The van der Waals surface area contributed by atoms with E-state index in [0.29, 0.717) is 31.2 Å². The molecular weight excluding hydrogens is 292 g/mol. The van der Waals surface area contributed by atoms with Crippen LogP contribution in [0.5, 0.6) is 0 Å². The number of aryl methyl sites for hydroxylation is 1. The standard InChI is InChI=1S/C18H26N2O3/c1-17(2,23)11-8-13-6-5-7-14(12-13)15(21)20-18(16(19)22)9-3-4-10-18/h5-7,12,23H,3-4,8-11H2,1-2H3,(H2,19,22)(H,20,21). The molecule has 0 radical (unpaired) electrons. The summed E-state index contributed by atoms with van der Waals surface area (Å²) in [6.45, 7) is 3.53. The third kappa shape index (κ3) is 4.55. The molecule has 126 valence electrons. The van der Waals surface area contributed by atoms with Crippen molar-refractivity contribution in [1.82, 2.24) is 5.32 Å². The molecule has 4 N–H and O–H groups in total. The van der Waals surface area contributed by atoms with Crippen LogP contribution in [0.3, 0.4) is 0 Å². The predicted molar refractivity (Wildman–Crippen MR) is 88.9 cm³/mol. The van der Waals surface area contributed by atoms with Gasteiger partial charge in [0.15, 0.2) is 0 Å². The van der Waals surface area contributed by atoms with Crippen molar-refractivity contribution in [3.63, 3.8) is 0 Å². The fourth-order valence-corrected chi connectivity index (χ4v) is 3.02. The van der Waals surface area contributed by atoms with Crippen LogP contribution in [0.25, 0.3) is 0 Å². The molecule has 1 aliphatic rings. The zero-order chi connectivity index (χ0) is 17.1. The Hall–Kier alpha value is -1.88. The third-order valence-corrected chi connectivity index (χ3v) is 4.50. The molecule has 2 rings (SSSR count). The maximum atomic E-state index is 12.5. The van der Waals surface area contributed by atoms with Crippen LogP contribution in [0.1, 0.15) is 61.9 Å². The quantitative estimate of drug-likeness (QED) is 0.748. The average molecular weight is 318 g/mol. The molecule has 1 aromatic carbocycles. The van der Waals surface area contributed by atoms with Gasteiger partial charge in [0.2, 0.25) is 5.91 Å². The first-order chi connectivity index (χ1) is 10.7. The van der Waals surface area contributed by atoms with Crippen molar-refractivity contribution in [2.75, 3.05) is 0 Å². The molecule has 1 aromatic rings. The summed E-state index contributed by atoms with van der Waals surface area (Å²) < 4.78 is 0. The SMILES string of the molecule is CC(C)(O)CCc1cccc(C(=O)NC2(C(N)=O)CCCC2)c1. The molecule has 1 saturated carbocycles. The monoisotopic (exact) mass is 318 g/mol. The van der Waals surface area contributed by atoms with Crippen LogP contribution in [0.4, 0.5) is 0 Å². The van der Waals surface area contributed by atoms with E-state index >= 15 is 0 Å². The molecule has 2 amide bonds. The van der Waals surface area contributed by atoms with Crippen molar-refractivity contribution in [1.29, 1.82) is 0 Å². The van der Waals surface area contributed by atoms with Crippen LogP contribution in [-0.2, 0) is 11.2 Å². The molecule has 0 bridgehead atoms. The van der Waals surface area contributed by atoms with E-state index in [4.69, 9.17) is 5.73 Å². The Morgan fingerprint density at radius 3 is 2.52 bits per heavy atom. The molecule has 0 unspecified atom stereocenters. The molecule has 0 aliphatic heterocycles. The largest absolute Gasteiger partial charge is 0.390 e. The zero-order valence-corrected chi connectivity index (χ0v) is 13.9. The van der Waals surface area contributed by atoms with E-state index in [9.17, 15) is 14.7 Å². The summed E-state index contributed by atoms with van der Waals surface area (Å²) in [5, 5.41) is 12.7. The Bertz CT molecular complexity index is 584.